The van der Waals surface area contributed by atoms with E-state index in [0.29, 0.717) is 11.5 Å². The predicted molar refractivity (Wildman–Crippen MR) is 120 cm³/mol. The van der Waals surface area contributed by atoms with Gasteiger partial charge in [0.1, 0.15) is 5.75 Å². The molecule has 1 aliphatic heterocycles. The number of carbonyl (C=O) groups is 1. The number of benzene rings is 3. The van der Waals surface area contributed by atoms with E-state index in [9.17, 15) is 4.79 Å². The topological polar surface area (TPSA) is 62.7 Å². The lowest BCUT2D eigenvalue weighted by molar-refractivity contribution is -0.123. The molecule has 3 aromatic carbocycles. The van der Waals surface area contributed by atoms with E-state index >= 15 is 0 Å². The standard InChI is InChI=1S/C22H18BrN3O2S/c1-14(25-26-22(27)13-28-17-6-4-5-16(23)12-17)15-9-10-21-19(11-15)24-18-7-2-3-8-20(18)29-21/h2-12,24H,13H2,1H3,(H,26,27). The fourth-order valence-corrected chi connectivity index (χ4v) is 4.16. The van der Waals surface area contributed by atoms with E-state index in [-0.39, 0.29) is 12.5 Å². The summed E-state index contributed by atoms with van der Waals surface area (Å²) < 4.78 is 6.36. The molecular formula is C22H18BrN3O2S. The number of hydrogen-bond donors (Lipinski definition) is 2. The minimum atomic E-state index is -0.315. The van der Waals surface area contributed by atoms with Gasteiger partial charge in [0.25, 0.3) is 5.91 Å². The van der Waals surface area contributed by atoms with Crippen LogP contribution in [0.4, 0.5) is 11.4 Å². The summed E-state index contributed by atoms with van der Waals surface area (Å²) in [6, 6.07) is 21.7. The minimum absolute atomic E-state index is 0.105. The van der Waals surface area contributed by atoms with Crippen molar-refractivity contribution in [2.45, 2.75) is 16.7 Å². The Kier molecular flexibility index (Phi) is 5.87. The molecule has 0 bridgehead atoms. The van der Waals surface area contributed by atoms with Crippen molar-refractivity contribution in [1.29, 1.82) is 0 Å². The van der Waals surface area contributed by atoms with E-state index in [1.165, 1.54) is 4.90 Å². The smallest absolute Gasteiger partial charge is 0.277 e. The van der Waals surface area contributed by atoms with E-state index in [1.807, 2.05) is 43.3 Å². The molecule has 7 heteroatoms. The fourth-order valence-electron chi connectivity index (χ4n) is 2.81. The van der Waals surface area contributed by atoms with Gasteiger partial charge in [-0.3, -0.25) is 4.79 Å². The summed E-state index contributed by atoms with van der Waals surface area (Å²) in [5.74, 6) is 0.304. The number of hydrazone groups is 1. The second-order valence-electron chi connectivity index (χ2n) is 6.41. The highest BCUT2D eigenvalue weighted by molar-refractivity contribution is 9.10. The molecule has 4 rings (SSSR count). The van der Waals surface area contributed by atoms with Crippen LogP contribution in [0.15, 0.2) is 86.1 Å². The lowest BCUT2D eigenvalue weighted by atomic mass is 10.1. The molecule has 5 nitrogen and oxygen atoms in total. The molecule has 1 aliphatic rings. The van der Waals surface area contributed by atoms with Gasteiger partial charge in [-0.15, -0.1) is 0 Å². The number of ether oxygens (including phenoxy) is 1. The summed E-state index contributed by atoms with van der Waals surface area (Å²) in [4.78, 5) is 14.4. The lowest BCUT2D eigenvalue weighted by Crippen LogP contribution is -2.25. The van der Waals surface area contributed by atoms with E-state index < -0.39 is 0 Å². The average molecular weight is 468 g/mol. The molecule has 0 spiro atoms. The third kappa shape index (κ3) is 4.81. The normalized spacial score (nSPS) is 12.4. The number of nitrogens with one attached hydrogen (secondary N) is 2. The van der Waals surface area contributed by atoms with Gasteiger partial charge in [0.2, 0.25) is 0 Å². The molecule has 0 unspecified atom stereocenters. The highest BCUT2D eigenvalue weighted by Gasteiger charge is 2.16. The Morgan fingerprint density at radius 2 is 1.90 bits per heavy atom. The number of halogens is 1. The molecule has 0 aliphatic carbocycles. The second-order valence-corrected chi connectivity index (χ2v) is 8.41. The van der Waals surface area contributed by atoms with Crippen LogP contribution in [0.2, 0.25) is 0 Å². The molecular weight excluding hydrogens is 450 g/mol. The van der Waals surface area contributed by atoms with Gasteiger partial charge >= 0.3 is 0 Å². The third-order valence-corrected chi connectivity index (χ3v) is 5.93. The number of hydrogen-bond acceptors (Lipinski definition) is 5. The van der Waals surface area contributed by atoms with Gasteiger partial charge in [-0.1, -0.05) is 52.0 Å². The Labute approximate surface area is 181 Å². The second kappa shape index (κ2) is 8.71. The summed E-state index contributed by atoms with van der Waals surface area (Å²) in [5.41, 5.74) is 6.32. The molecule has 1 amide bonds. The molecule has 3 aromatic rings. The van der Waals surface area contributed by atoms with Crippen molar-refractivity contribution in [3.8, 4) is 5.75 Å². The minimum Gasteiger partial charge on any atom is -0.484 e. The summed E-state index contributed by atoms with van der Waals surface area (Å²) in [7, 11) is 0. The van der Waals surface area contributed by atoms with Crippen LogP contribution in [0.5, 0.6) is 5.75 Å². The Bertz CT molecular complexity index is 1100. The van der Waals surface area contributed by atoms with Crippen molar-refractivity contribution in [3.05, 3.63) is 76.8 Å². The zero-order valence-corrected chi connectivity index (χ0v) is 18.0. The zero-order chi connectivity index (χ0) is 20.2. The molecule has 0 saturated carbocycles. The molecule has 1 heterocycles. The number of rotatable bonds is 5. The highest BCUT2D eigenvalue weighted by atomic mass is 79.9. The maximum Gasteiger partial charge on any atom is 0.277 e. The van der Waals surface area contributed by atoms with Gasteiger partial charge < -0.3 is 10.1 Å². The van der Waals surface area contributed by atoms with Gasteiger partial charge in [-0.05, 0) is 55.0 Å². The van der Waals surface area contributed by atoms with E-state index in [0.717, 1.165) is 26.3 Å². The van der Waals surface area contributed by atoms with Crippen molar-refractivity contribution in [1.82, 2.24) is 5.43 Å². The van der Waals surface area contributed by atoms with Crippen molar-refractivity contribution in [2.24, 2.45) is 5.10 Å². The number of para-hydroxylation sites is 1. The van der Waals surface area contributed by atoms with E-state index in [2.05, 4.69) is 50.0 Å². The van der Waals surface area contributed by atoms with Crippen LogP contribution in [0.25, 0.3) is 0 Å². The first kappa shape index (κ1) is 19.5. The highest BCUT2D eigenvalue weighted by Crippen LogP contribution is 2.44. The quantitative estimate of drug-likeness (QED) is 0.297. The van der Waals surface area contributed by atoms with Crippen LogP contribution >= 0.6 is 27.7 Å². The van der Waals surface area contributed by atoms with E-state index in [4.69, 9.17) is 4.74 Å². The van der Waals surface area contributed by atoms with Crippen LogP contribution in [-0.4, -0.2) is 18.2 Å². The Balaban J connectivity index is 1.39. The van der Waals surface area contributed by atoms with Crippen LogP contribution in [0, 0.1) is 0 Å². The van der Waals surface area contributed by atoms with Crippen LogP contribution in [0.1, 0.15) is 12.5 Å². The summed E-state index contributed by atoms with van der Waals surface area (Å²) in [6.45, 7) is 1.76. The van der Waals surface area contributed by atoms with Crippen molar-refractivity contribution in [2.75, 3.05) is 11.9 Å². The molecule has 0 atom stereocenters. The summed E-state index contributed by atoms with van der Waals surface area (Å²) in [6.07, 6.45) is 0. The Morgan fingerprint density at radius 3 is 2.76 bits per heavy atom. The molecule has 146 valence electrons. The van der Waals surface area contributed by atoms with Crippen molar-refractivity contribution < 1.29 is 9.53 Å². The van der Waals surface area contributed by atoms with Gasteiger partial charge in [0.05, 0.1) is 17.1 Å². The predicted octanol–water partition coefficient (Wildman–Crippen LogP) is 5.58. The van der Waals surface area contributed by atoms with Crippen molar-refractivity contribution in [3.63, 3.8) is 0 Å². The van der Waals surface area contributed by atoms with Crippen LogP contribution < -0.4 is 15.5 Å². The third-order valence-electron chi connectivity index (χ3n) is 4.29. The molecule has 0 radical (unpaired) electrons. The molecule has 0 aromatic heterocycles. The average Bonchev–Trinajstić information content (AvgIpc) is 2.74. The summed E-state index contributed by atoms with van der Waals surface area (Å²) in [5, 5.41) is 7.67. The Hall–Kier alpha value is -2.77. The number of carbonyl (C=O) groups excluding carboxylic acids is 1. The first-order chi connectivity index (χ1) is 14.1. The number of fused-ring (bicyclic) bond motifs is 2. The number of anilines is 2. The number of amides is 1. The van der Waals surface area contributed by atoms with E-state index in [1.54, 1.807) is 23.9 Å². The monoisotopic (exact) mass is 467 g/mol. The molecule has 29 heavy (non-hydrogen) atoms. The maximum absolute atomic E-state index is 12.0. The van der Waals surface area contributed by atoms with Crippen molar-refractivity contribution >= 4 is 50.7 Å². The van der Waals surface area contributed by atoms with Gasteiger partial charge in [0.15, 0.2) is 6.61 Å². The van der Waals surface area contributed by atoms with Crippen LogP contribution in [-0.2, 0) is 4.79 Å². The SMILES string of the molecule is CC(=NNC(=O)COc1cccc(Br)c1)c1ccc2c(c1)Nc1ccccc1S2. The largest absolute Gasteiger partial charge is 0.484 e. The molecule has 0 saturated heterocycles. The van der Waals surface area contributed by atoms with Crippen LogP contribution in [0.3, 0.4) is 0 Å². The fraction of sp³-hybridized carbons (Fsp3) is 0.0909. The summed E-state index contributed by atoms with van der Waals surface area (Å²) >= 11 is 5.11. The zero-order valence-electron chi connectivity index (χ0n) is 15.6. The lowest BCUT2D eigenvalue weighted by Gasteiger charge is -2.21. The van der Waals surface area contributed by atoms with Gasteiger partial charge in [-0.25, -0.2) is 5.43 Å². The number of nitrogens with zero attached hydrogens (tertiary/aromatic N) is 1. The van der Waals surface area contributed by atoms with Gasteiger partial charge in [-0.2, -0.15) is 5.10 Å². The first-order valence-corrected chi connectivity index (χ1v) is 10.6. The molecule has 0 fully saturated rings. The van der Waals surface area contributed by atoms with Gasteiger partial charge in [0, 0.05) is 14.3 Å². The molecule has 2 N–H and O–H groups in total. The first-order valence-electron chi connectivity index (χ1n) is 8.98. The Morgan fingerprint density at radius 1 is 1.07 bits per heavy atom. The maximum atomic E-state index is 12.0.